The van der Waals surface area contributed by atoms with Crippen LogP contribution in [-0.4, -0.2) is 64.6 Å². The summed E-state index contributed by atoms with van der Waals surface area (Å²) in [6.45, 7) is 3.82. The second kappa shape index (κ2) is 6.72. The van der Waals surface area contributed by atoms with Crippen molar-refractivity contribution in [2.24, 2.45) is 0 Å². The summed E-state index contributed by atoms with van der Waals surface area (Å²) in [5.74, 6) is 0. The molecule has 0 aliphatic carbocycles. The topological polar surface area (TPSA) is 89.6 Å². The maximum Gasteiger partial charge on any atom is 0.407 e. The van der Waals surface area contributed by atoms with Crippen LogP contribution in [0.5, 0.6) is 0 Å². The van der Waals surface area contributed by atoms with Crippen molar-refractivity contribution in [1.82, 2.24) is 14.4 Å². The predicted octanol–water partition coefficient (Wildman–Crippen LogP) is 1.62. The van der Waals surface area contributed by atoms with E-state index in [-0.39, 0.29) is 0 Å². The number of carbonyl (C=O) groups excluding carboxylic acids is 1. The van der Waals surface area contributed by atoms with Gasteiger partial charge in [-0.3, -0.25) is 9.69 Å². The van der Waals surface area contributed by atoms with E-state index in [0.717, 1.165) is 23.7 Å². The van der Waals surface area contributed by atoms with E-state index in [1.165, 1.54) is 4.90 Å². The summed E-state index contributed by atoms with van der Waals surface area (Å²) in [5, 5.41) is 19.2. The molecule has 1 fully saturated rings. The quantitative estimate of drug-likeness (QED) is 0.862. The normalized spacial score (nSPS) is 15.4. The molecule has 0 saturated carbocycles. The first-order valence-corrected chi connectivity index (χ1v) is 7.81. The van der Waals surface area contributed by atoms with Gasteiger partial charge in [-0.25, -0.2) is 4.79 Å². The average molecular weight is 326 g/mol. The van der Waals surface area contributed by atoms with Crippen molar-refractivity contribution in [3.63, 3.8) is 0 Å². The van der Waals surface area contributed by atoms with Crippen LogP contribution in [0.4, 0.5) is 4.79 Å². The third-order valence-corrected chi connectivity index (χ3v) is 4.46. The molecule has 124 valence electrons. The van der Waals surface area contributed by atoms with Crippen LogP contribution >= 0.6 is 0 Å². The molecule has 3 rings (SSSR count). The van der Waals surface area contributed by atoms with Crippen molar-refractivity contribution in [2.45, 2.75) is 6.54 Å². The van der Waals surface area contributed by atoms with E-state index < -0.39 is 6.09 Å². The fourth-order valence-electron chi connectivity index (χ4n) is 3.10. The van der Waals surface area contributed by atoms with Crippen molar-refractivity contribution in [2.75, 3.05) is 32.7 Å². The Bertz CT molecular complexity index is 813. The lowest BCUT2D eigenvalue weighted by Gasteiger charge is -2.33. The fraction of sp³-hybridized carbons (Fsp3) is 0.353. The highest BCUT2D eigenvalue weighted by molar-refractivity contribution is 5.88. The van der Waals surface area contributed by atoms with Crippen molar-refractivity contribution < 1.29 is 14.7 Å². The van der Waals surface area contributed by atoms with Gasteiger partial charge in [0.15, 0.2) is 0 Å². The molecule has 1 aromatic heterocycles. The maximum absolute atomic E-state index is 10.9. The van der Waals surface area contributed by atoms with Gasteiger partial charge in [-0.05, 0) is 24.3 Å². The van der Waals surface area contributed by atoms with Gasteiger partial charge >= 0.3 is 6.09 Å². The van der Waals surface area contributed by atoms with Gasteiger partial charge < -0.3 is 14.6 Å². The Hall–Kier alpha value is -2.85. The Morgan fingerprint density at radius 3 is 2.58 bits per heavy atom. The number of nitriles is 1. The summed E-state index contributed by atoms with van der Waals surface area (Å²) in [5.41, 5.74) is 2.09. The number of fused-ring (bicyclic) bond motifs is 1. The monoisotopic (exact) mass is 326 g/mol. The molecule has 2 aromatic rings. The number of hydrogen-bond donors (Lipinski definition) is 1. The molecule has 24 heavy (non-hydrogen) atoms. The molecule has 0 atom stereocenters. The van der Waals surface area contributed by atoms with Gasteiger partial charge in [-0.15, -0.1) is 0 Å². The summed E-state index contributed by atoms with van der Waals surface area (Å²) in [6.07, 6.45) is -0.0751. The minimum Gasteiger partial charge on any atom is -0.465 e. The zero-order valence-corrected chi connectivity index (χ0v) is 13.2. The second-order valence-corrected chi connectivity index (χ2v) is 5.84. The van der Waals surface area contributed by atoms with Crippen LogP contribution in [0.25, 0.3) is 10.9 Å². The van der Waals surface area contributed by atoms with Gasteiger partial charge in [-0.2, -0.15) is 5.26 Å². The summed E-state index contributed by atoms with van der Waals surface area (Å²) in [7, 11) is 0. The number of carbonyl (C=O) groups is 2. The van der Waals surface area contributed by atoms with Crippen LogP contribution < -0.4 is 0 Å². The van der Waals surface area contributed by atoms with Crippen molar-refractivity contribution in [3.05, 3.63) is 35.5 Å². The number of benzene rings is 1. The van der Waals surface area contributed by atoms with Gasteiger partial charge in [0.05, 0.1) is 0 Å². The lowest BCUT2D eigenvalue weighted by atomic mass is 10.2. The lowest BCUT2D eigenvalue weighted by molar-refractivity contribution is 0.104. The number of aldehydes is 1. The van der Waals surface area contributed by atoms with E-state index >= 15 is 0 Å². The third kappa shape index (κ3) is 3.09. The third-order valence-electron chi connectivity index (χ3n) is 4.46. The smallest absolute Gasteiger partial charge is 0.407 e. The number of hydrogen-bond acceptors (Lipinski definition) is 4. The summed E-state index contributed by atoms with van der Waals surface area (Å²) >= 11 is 0. The van der Waals surface area contributed by atoms with E-state index in [0.29, 0.717) is 44.0 Å². The Balaban J connectivity index is 1.72. The summed E-state index contributed by atoms with van der Waals surface area (Å²) < 4.78 is 1.95. The fourth-order valence-corrected chi connectivity index (χ4v) is 3.10. The van der Waals surface area contributed by atoms with Gasteiger partial charge in [0.1, 0.15) is 18.0 Å². The average Bonchev–Trinajstić information content (AvgIpc) is 2.96. The van der Waals surface area contributed by atoms with Gasteiger partial charge in [-0.1, -0.05) is 0 Å². The van der Waals surface area contributed by atoms with Gasteiger partial charge in [0.25, 0.3) is 0 Å². The molecule has 7 nitrogen and oxygen atoms in total. The second-order valence-electron chi connectivity index (χ2n) is 5.84. The lowest BCUT2D eigenvalue weighted by Crippen LogP contribution is -2.48. The van der Waals surface area contributed by atoms with Crippen molar-refractivity contribution in [1.29, 1.82) is 5.26 Å². The number of rotatable bonds is 4. The molecule has 1 N–H and O–H groups in total. The number of aromatic nitrogens is 1. The Labute approximate surface area is 139 Å². The molecule has 1 aromatic carbocycles. The summed E-state index contributed by atoms with van der Waals surface area (Å²) in [6, 6.07) is 9.39. The zero-order valence-electron chi connectivity index (χ0n) is 13.2. The van der Waals surface area contributed by atoms with Crippen LogP contribution in [0.15, 0.2) is 24.3 Å². The molecule has 2 heterocycles. The molecule has 0 unspecified atom stereocenters. The van der Waals surface area contributed by atoms with Crippen molar-refractivity contribution >= 4 is 23.3 Å². The first-order chi connectivity index (χ1) is 11.6. The molecule has 1 aliphatic heterocycles. The van der Waals surface area contributed by atoms with E-state index in [2.05, 4.69) is 11.0 Å². The van der Waals surface area contributed by atoms with Crippen molar-refractivity contribution in [3.8, 4) is 6.07 Å². The first-order valence-electron chi connectivity index (χ1n) is 7.81. The highest BCUT2D eigenvalue weighted by Gasteiger charge is 2.20. The number of carboxylic acid groups (broad SMARTS) is 1. The number of nitrogens with zero attached hydrogens (tertiary/aromatic N) is 4. The molecule has 0 spiro atoms. The minimum atomic E-state index is -0.871. The van der Waals surface area contributed by atoms with Crippen LogP contribution in [0, 0.1) is 11.3 Å². The minimum absolute atomic E-state index is 0.509. The van der Waals surface area contributed by atoms with Crippen LogP contribution in [0.1, 0.15) is 16.1 Å². The number of piperazine rings is 1. The standard InChI is InChI=1S/C17H18N4O3/c18-11-15-10-14-9-13(12-22)1-2-16(14)21(15)8-5-19-3-6-20(7-4-19)17(23)24/h1-2,9-10,12H,3-8H2,(H,23,24). The SMILES string of the molecule is N#Cc1cc2cc(C=O)ccc2n1CCN1CCN(C(=O)O)CC1. The highest BCUT2D eigenvalue weighted by atomic mass is 16.4. The van der Waals surface area contributed by atoms with Crippen LogP contribution in [-0.2, 0) is 6.54 Å². The Morgan fingerprint density at radius 2 is 1.96 bits per heavy atom. The molecule has 7 heteroatoms. The van der Waals surface area contributed by atoms with E-state index in [9.17, 15) is 14.9 Å². The first kappa shape index (κ1) is 16.0. The molecule has 1 amide bonds. The number of amides is 1. The largest absolute Gasteiger partial charge is 0.465 e. The maximum atomic E-state index is 10.9. The summed E-state index contributed by atoms with van der Waals surface area (Å²) in [4.78, 5) is 25.4. The van der Waals surface area contributed by atoms with E-state index in [1.54, 1.807) is 18.2 Å². The Kier molecular flexibility index (Phi) is 4.49. The molecule has 1 saturated heterocycles. The van der Waals surface area contributed by atoms with Gasteiger partial charge in [0, 0.05) is 55.7 Å². The molecule has 0 radical (unpaired) electrons. The predicted molar refractivity (Wildman–Crippen MR) is 88.1 cm³/mol. The highest BCUT2D eigenvalue weighted by Crippen LogP contribution is 2.21. The van der Waals surface area contributed by atoms with Gasteiger partial charge in [0.2, 0.25) is 0 Å². The van der Waals surface area contributed by atoms with Crippen LogP contribution in [0.3, 0.4) is 0 Å². The van der Waals surface area contributed by atoms with E-state index in [4.69, 9.17) is 5.11 Å². The molecular weight excluding hydrogens is 308 g/mol. The van der Waals surface area contributed by atoms with E-state index in [1.807, 2.05) is 10.6 Å². The zero-order chi connectivity index (χ0) is 17.1. The van der Waals surface area contributed by atoms with Crippen LogP contribution in [0.2, 0.25) is 0 Å². The molecule has 1 aliphatic rings. The molecular formula is C17H18N4O3. The molecule has 0 bridgehead atoms. The Morgan fingerprint density at radius 1 is 1.21 bits per heavy atom.